The number of carbonyl (C=O) groups is 2. The number of sulfonamides is 1. The molecule has 0 unspecified atom stereocenters. The maximum Gasteiger partial charge on any atom is 0.242 e. The van der Waals surface area contributed by atoms with Crippen molar-refractivity contribution in [3.05, 3.63) is 63.1 Å². The molecule has 7 nitrogen and oxygen atoms in total. The quantitative estimate of drug-likeness (QED) is 0.367. The summed E-state index contributed by atoms with van der Waals surface area (Å²) in [6, 6.07) is 11.1. The summed E-state index contributed by atoms with van der Waals surface area (Å²) in [5, 5.41) is 4.23. The van der Waals surface area contributed by atoms with Crippen molar-refractivity contribution in [1.29, 1.82) is 0 Å². The zero-order chi connectivity index (χ0) is 27.2. The molecule has 1 aliphatic rings. The molecule has 1 saturated carbocycles. The van der Waals surface area contributed by atoms with Crippen molar-refractivity contribution in [3.8, 4) is 0 Å². The van der Waals surface area contributed by atoms with Crippen molar-refractivity contribution in [2.45, 2.75) is 64.1 Å². The molecular formula is C26H32Cl3N3O4S. The number of rotatable bonds is 11. The monoisotopic (exact) mass is 587 g/mol. The molecule has 0 aliphatic heterocycles. The number of amides is 2. The van der Waals surface area contributed by atoms with E-state index in [2.05, 4.69) is 5.32 Å². The second-order valence-electron chi connectivity index (χ2n) is 9.35. The Bertz CT molecular complexity index is 1200. The minimum absolute atomic E-state index is 0.0298. The summed E-state index contributed by atoms with van der Waals surface area (Å²) in [5.74, 6) is -0.452. The normalized spacial score (nSPS) is 14.8. The van der Waals surface area contributed by atoms with Gasteiger partial charge >= 0.3 is 0 Å². The molecule has 1 N–H and O–H groups in total. The average molecular weight is 589 g/mol. The van der Waals surface area contributed by atoms with E-state index in [0.717, 1.165) is 41.8 Å². The molecule has 1 atom stereocenters. The summed E-state index contributed by atoms with van der Waals surface area (Å²) in [4.78, 5) is 27.9. The van der Waals surface area contributed by atoms with Crippen LogP contribution >= 0.6 is 34.8 Å². The lowest BCUT2D eigenvalue weighted by Crippen LogP contribution is -2.49. The minimum atomic E-state index is -3.68. The Kier molecular flexibility index (Phi) is 10.5. The van der Waals surface area contributed by atoms with Gasteiger partial charge in [0.05, 0.1) is 17.0 Å². The summed E-state index contributed by atoms with van der Waals surface area (Å²) in [6.45, 7) is 1.97. The molecule has 0 bridgehead atoms. The van der Waals surface area contributed by atoms with Crippen LogP contribution in [0.2, 0.25) is 15.1 Å². The third-order valence-corrected chi connectivity index (χ3v) is 8.45. The SMILES string of the molecule is C[C@H](C(=O)NC1CCCC1)N(Cc1ccc(Cl)cc1)C(=O)CCCN(c1cc(Cl)ccc1Cl)S(C)(=O)=O. The first-order chi connectivity index (χ1) is 17.5. The molecule has 0 radical (unpaired) electrons. The number of nitrogens with one attached hydrogen (secondary N) is 1. The van der Waals surface area contributed by atoms with Gasteiger partial charge in [0, 0.05) is 35.6 Å². The Morgan fingerprint density at radius 1 is 1.03 bits per heavy atom. The van der Waals surface area contributed by atoms with E-state index < -0.39 is 16.1 Å². The smallest absolute Gasteiger partial charge is 0.242 e. The van der Waals surface area contributed by atoms with Crippen molar-refractivity contribution in [2.75, 3.05) is 17.1 Å². The predicted octanol–water partition coefficient (Wildman–Crippen LogP) is 5.67. The van der Waals surface area contributed by atoms with Gasteiger partial charge in [-0.2, -0.15) is 0 Å². The van der Waals surface area contributed by atoms with E-state index in [1.54, 1.807) is 25.1 Å². The molecule has 2 aromatic rings. The zero-order valence-corrected chi connectivity index (χ0v) is 24.0. The van der Waals surface area contributed by atoms with Crippen LogP contribution in [-0.2, 0) is 26.2 Å². The fourth-order valence-electron chi connectivity index (χ4n) is 4.42. The standard InChI is InChI=1S/C26H32Cl3N3O4S/c1-18(26(34)30-22-6-3-4-7-22)31(17-19-9-11-20(27)12-10-19)25(33)8-5-15-32(37(2,35)36)24-16-21(28)13-14-23(24)29/h9-14,16,18,22H,3-8,15,17H2,1-2H3,(H,30,34)/t18-/m1/s1. The summed E-state index contributed by atoms with van der Waals surface area (Å²) in [5.41, 5.74) is 1.09. The fraction of sp³-hybridized carbons (Fsp3) is 0.462. The molecule has 202 valence electrons. The van der Waals surface area contributed by atoms with E-state index in [9.17, 15) is 18.0 Å². The van der Waals surface area contributed by atoms with Gasteiger partial charge < -0.3 is 10.2 Å². The largest absolute Gasteiger partial charge is 0.352 e. The molecule has 0 spiro atoms. The Morgan fingerprint density at radius 2 is 1.65 bits per heavy atom. The highest BCUT2D eigenvalue weighted by molar-refractivity contribution is 7.92. The zero-order valence-electron chi connectivity index (χ0n) is 20.9. The molecule has 3 rings (SSSR count). The number of carbonyl (C=O) groups excluding carboxylic acids is 2. The van der Waals surface area contributed by atoms with Crippen LogP contribution in [0.1, 0.15) is 51.0 Å². The molecule has 2 amide bonds. The van der Waals surface area contributed by atoms with Gasteiger partial charge in [0.15, 0.2) is 0 Å². The Balaban J connectivity index is 1.73. The van der Waals surface area contributed by atoms with Crippen LogP contribution in [0.25, 0.3) is 0 Å². The van der Waals surface area contributed by atoms with Crippen LogP contribution in [0.5, 0.6) is 0 Å². The summed E-state index contributed by atoms with van der Waals surface area (Å²) < 4.78 is 26.1. The highest BCUT2D eigenvalue weighted by Gasteiger charge is 2.29. The van der Waals surface area contributed by atoms with E-state index in [0.29, 0.717) is 10.0 Å². The van der Waals surface area contributed by atoms with E-state index in [1.165, 1.54) is 17.0 Å². The Morgan fingerprint density at radius 3 is 2.27 bits per heavy atom. The van der Waals surface area contributed by atoms with Crippen LogP contribution in [0.4, 0.5) is 5.69 Å². The van der Waals surface area contributed by atoms with Crippen LogP contribution in [-0.4, -0.2) is 50.0 Å². The number of benzene rings is 2. The topological polar surface area (TPSA) is 86.8 Å². The van der Waals surface area contributed by atoms with Gasteiger partial charge in [-0.3, -0.25) is 13.9 Å². The highest BCUT2D eigenvalue weighted by Crippen LogP contribution is 2.31. The van der Waals surface area contributed by atoms with Crippen molar-refractivity contribution in [1.82, 2.24) is 10.2 Å². The van der Waals surface area contributed by atoms with Gasteiger partial charge in [-0.25, -0.2) is 8.42 Å². The lowest BCUT2D eigenvalue weighted by Gasteiger charge is -2.30. The van der Waals surface area contributed by atoms with Crippen LogP contribution in [0.3, 0.4) is 0 Å². The average Bonchev–Trinajstić information content (AvgIpc) is 3.35. The third kappa shape index (κ3) is 8.50. The van der Waals surface area contributed by atoms with Crippen molar-refractivity contribution in [3.63, 3.8) is 0 Å². The second kappa shape index (κ2) is 13.2. The first-order valence-corrected chi connectivity index (χ1v) is 15.2. The van der Waals surface area contributed by atoms with Crippen molar-refractivity contribution in [2.24, 2.45) is 0 Å². The molecule has 0 aromatic heterocycles. The molecule has 0 heterocycles. The van der Waals surface area contributed by atoms with Crippen LogP contribution in [0, 0.1) is 0 Å². The van der Waals surface area contributed by atoms with E-state index in [-0.39, 0.29) is 54.5 Å². The summed E-state index contributed by atoms with van der Waals surface area (Å²) >= 11 is 18.3. The van der Waals surface area contributed by atoms with Gasteiger partial charge in [-0.1, -0.05) is 59.8 Å². The lowest BCUT2D eigenvalue weighted by atomic mass is 10.1. The van der Waals surface area contributed by atoms with Crippen molar-refractivity contribution >= 4 is 62.3 Å². The molecule has 37 heavy (non-hydrogen) atoms. The number of nitrogens with zero attached hydrogens (tertiary/aromatic N) is 2. The predicted molar refractivity (Wildman–Crippen MR) is 150 cm³/mol. The molecule has 1 aliphatic carbocycles. The number of hydrogen-bond acceptors (Lipinski definition) is 4. The fourth-order valence-corrected chi connectivity index (χ4v) is 5.95. The molecule has 11 heteroatoms. The number of hydrogen-bond donors (Lipinski definition) is 1. The maximum atomic E-state index is 13.4. The van der Waals surface area contributed by atoms with Crippen LogP contribution < -0.4 is 9.62 Å². The van der Waals surface area contributed by atoms with E-state index in [1.807, 2.05) is 12.1 Å². The van der Waals surface area contributed by atoms with Crippen molar-refractivity contribution < 1.29 is 18.0 Å². The first-order valence-electron chi connectivity index (χ1n) is 12.2. The Labute approximate surface area is 234 Å². The number of halogens is 3. The Hall–Kier alpha value is -2.00. The maximum absolute atomic E-state index is 13.4. The van der Waals surface area contributed by atoms with Gasteiger partial charge in [0.1, 0.15) is 6.04 Å². The first kappa shape index (κ1) is 29.6. The molecule has 1 fully saturated rings. The molecule has 2 aromatic carbocycles. The minimum Gasteiger partial charge on any atom is -0.352 e. The molecular weight excluding hydrogens is 557 g/mol. The highest BCUT2D eigenvalue weighted by atomic mass is 35.5. The van der Waals surface area contributed by atoms with Gasteiger partial charge in [0.2, 0.25) is 21.8 Å². The number of anilines is 1. The van der Waals surface area contributed by atoms with E-state index in [4.69, 9.17) is 34.8 Å². The lowest BCUT2D eigenvalue weighted by molar-refractivity contribution is -0.141. The van der Waals surface area contributed by atoms with E-state index >= 15 is 0 Å². The van der Waals surface area contributed by atoms with Gasteiger partial charge in [0.25, 0.3) is 0 Å². The second-order valence-corrected chi connectivity index (χ2v) is 12.5. The van der Waals surface area contributed by atoms with Crippen LogP contribution in [0.15, 0.2) is 42.5 Å². The summed E-state index contributed by atoms with van der Waals surface area (Å²) in [6.07, 6.45) is 5.39. The van der Waals surface area contributed by atoms with Gasteiger partial charge in [-0.15, -0.1) is 0 Å². The van der Waals surface area contributed by atoms with Gasteiger partial charge in [-0.05, 0) is 62.1 Å². The third-order valence-electron chi connectivity index (χ3n) is 6.46. The summed E-state index contributed by atoms with van der Waals surface area (Å²) in [7, 11) is -3.68. The molecule has 0 saturated heterocycles.